The number of aromatic nitrogens is 3. The zero-order valence-corrected chi connectivity index (χ0v) is 12.9. The summed E-state index contributed by atoms with van der Waals surface area (Å²) in [5.41, 5.74) is 2.68. The molecule has 0 atom stereocenters. The molecule has 1 aromatic heterocycles. The lowest BCUT2D eigenvalue weighted by molar-refractivity contribution is 0.645. The van der Waals surface area contributed by atoms with Gasteiger partial charge in [-0.15, -0.1) is 10.2 Å². The van der Waals surface area contributed by atoms with Crippen molar-refractivity contribution in [3.63, 3.8) is 0 Å². The Hall–Kier alpha value is -2.73. The number of thioether (sulfide) groups is 1. The van der Waals surface area contributed by atoms with Crippen LogP contribution in [0.5, 0.6) is 0 Å². The molecule has 0 saturated carbocycles. The lowest BCUT2D eigenvalue weighted by Crippen LogP contribution is -2.28. The van der Waals surface area contributed by atoms with Gasteiger partial charge in [-0.2, -0.15) is 9.78 Å². The summed E-state index contributed by atoms with van der Waals surface area (Å²) in [4.78, 5) is 12.7. The molecule has 23 heavy (non-hydrogen) atoms. The van der Waals surface area contributed by atoms with Crippen LogP contribution in [-0.2, 0) is 0 Å². The smallest absolute Gasteiger partial charge is 0.265 e. The van der Waals surface area contributed by atoms with Gasteiger partial charge in [0, 0.05) is 11.3 Å². The van der Waals surface area contributed by atoms with Crippen LogP contribution >= 0.6 is 11.8 Å². The average molecular weight is 320 g/mol. The highest BCUT2D eigenvalue weighted by Gasteiger charge is 2.19. The van der Waals surface area contributed by atoms with Crippen LogP contribution in [0.1, 0.15) is 5.56 Å². The third-order valence-electron chi connectivity index (χ3n) is 3.52. The molecule has 0 radical (unpaired) electrons. The summed E-state index contributed by atoms with van der Waals surface area (Å²) in [5, 5.41) is 13.3. The van der Waals surface area contributed by atoms with E-state index < -0.39 is 0 Å². The van der Waals surface area contributed by atoms with Gasteiger partial charge in [0.1, 0.15) is 0 Å². The Labute approximate surface area is 136 Å². The summed E-state index contributed by atoms with van der Waals surface area (Å²) in [7, 11) is 0. The van der Waals surface area contributed by atoms with E-state index in [1.165, 1.54) is 16.4 Å². The Morgan fingerprint density at radius 1 is 0.870 bits per heavy atom. The maximum Gasteiger partial charge on any atom is 0.301 e. The van der Waals surface area contributed by atoms with Crippen LogP contribution < -0.4 is 5.56 Å². The zero-order chi connectivity index (χ0) is 15.6. The van der Waals surface area contributed by atoms with Crippen molar-refractivity contribution in [2.75, 3.05) is 5.75 Å². The summed E-state index contributed by atoms with van der Waals surface area (Å²) in [5.74, 6) is 0.669. The molecule has 0 fully saturated rings. The molecule has 0 amide bonds. The predicted molar refractivity (Wildman–Crippen MR) is 90.8 cm³/mol. The van der Waals surface area contributed by atoms with E-state index >= 15 is 0 Å². The van der Waals surface area contributed by atoms with E-state index in [0.717, 1.165) is 16.8 Å². The number of benzene rings is 2. The second-order valence-corrected chi connectivity index (χ2v) is 5.96. The van der Waals surface area contributed by atoms with Gasteiger partial charge in [0.25, 0.3) is 0 Å². The molecule has 6 heteroatoms. The molecule has 2 aromatic carbocycles. The van der Waals surface area contributed by atoms with E-state index in [1.54, 1.807) is 0 Å². The molecule has 2 heterocycles. The van der Waals surface area contributed by atoms with E-state index in [4.69, 9.17) is 0 Å². The molecule has 0 bridgehead atoms. The molecule has 5 nitrogen and oxygen atoms in total. The van der Waals surface area contributed by atoms with Crippen LogP contribution in [0, 0.1) is 0 Å². The van der Waals surface area contributed by atoms with Crippen molar-refractivity contribution in [2.45, 2.75) is 5.16 Å². The molecular formula is C17H12N4OS. The molecule has 0 spiro atoms. The number of hydrogen-bond donors (Lipinski definition) is 0. The highest BCUT2D eigenvalue weighted by Crippen LogP contribution is 2.22. The largest absolute Gasteiger partial charge is 0.301 e. The molecule has 112 valence electrons. The highest BCUT2D eigenvalue weighted by molar-refractivity contribution is 7.99. The van der Waals surface area contributed by atoms with Crippen molar-refractivity contribution in [1.82, 2.24) is 14.9 Å². The minimum absolute atomic E-state index is 0.248. The number of rotatable bonds is 2. The van der Waals surface area contributed by atoms with Crippen molar-refractivity contribution < 1.29 is 0 Å². The first-order chi connectivity index (χ1) is 11.3. The summed E-state index contributed by atoms with van der Waals surface area (Å²) in [6.07, 6.45) is 0. The van der Waals surface area contributed by atoms with Gasteiger partial charge in [0.05, 0.1) is 5.71 Å². The van der Waals surface area contributed by atoms with Gasteiger partial charge in [0.2, 0.25) is 5.16 Å². The number of nitrogens with zero attached hydrogens (tertiary/aromatic N) is 4. The first kappa shape index (κ1) is 13.9. The van der Waals surface area contributed by atoms with Crippen LogP contribution in [0.4, 0.5) is 0 Å². The summed E-state index contributed by atoms with van der Waals surface area (Å²) >= 11 is 1.47. The van der Waals surface area contributed by atoms with Crippen LogP contribution in [-0.4, -0.2) is 26.3 Å². The van der Waals surface area contributed by atoms with Crippen LogP contribution in [0.15, 0.2) is 75.7 Å². The number of fused-ring (bicyclic) bond motifs is 1. The Morgan fingerprint density at radius 3 is 2.22 bits per heavy atom. The first-order valence-corrected chi connectivity index (χ1v) is 8.13. The Balaban J connectivity index is 1.85. The predicted octanol–water partition coefficient (Wildman–Crippen LogP) is 2.66. The average Bonchev–Trinajstić information content (AvgIpc) is 2.63. The van der Waals surface area contributed by atoms with Crippen LogP contribution in [0.25, 0.3) is 11.3 Å². The van der Waals surface area contributed by atoms with E-state index in [0.29, 0.717) is 16.6 Å². The molecule has 0 aliphatic carbocycles. The molecule has 1 aliphatic rings. The normalized spacial score (nSPS) is 13.3. The van der Waals surface area contributed by atoms with Crippen molar-refractivity contribution in [3.8, 4) is 11.3 Å². The van der Waals surface area contributed by atoms with Gasteiger partial charge in [-0.05, 0) is 5.56 Å². The zero-order valence-electron chi connectivity index (χ0n) is 12.1. The van der Waals surface area contributed by atoms with E-state index in [1.807, 2.05) is 60.7 Å². The molecule has 0 N–H and O–H groups in total. The van der Waals surface area contributed by atoms with E-state index in [2.05, 4.69) is 15.3 Å². The third kappa shape index (κ3) is 2.57. The highest BCUT2D eigenvalue weighted by atomic mass is 32.2. The monoisotopic (exact) mass is 320 g/mol. The SMILES string of the molecule is O=c1c(-c2ccccc2)nnc2n1N=C(c1ccccc1)CS2. The van der Waals surface area contributed by atoms with Gasteiger partial charge in [-0.3, -0.25) is 4.79 Å². The lowest BCUT2D eigenvalue weighted by Gasteiger charge is -2.15. The molecular weight excluding hydrogens is 308 g/mol. The Kier molecular flexibility index (Phi) is 3.51. The van der Waals surface area contributed by atoms with Gasteiger partial charge in [0.15, 0.2) is 5.69 Å². The summed E-state index contributed by atoms with van der Waals surface area (Å²) < 4.78 is 1.35. The minimum atomic E-state index is -0.248. The quantitative estimate of drug-likeness (QED) is 0.728. The fourth-order valence-electron chi connectivity index (χ4n) is 2.37. The van der Waals surface area contributed by atoms with E-state index in [9.17, 15) is 4.79 Å². The summed E-state index contributed by atoms with van der Waals surface area (Å²) in [6.45, 7) is 0. The topological polar surface area (TPSA) is 60.1 Å². The van der Waals surface area contributed by atoms with Crippen molar-refractivity contribution in [2.24, 2.45) is 5.10 Å². The Morgan fingerprint density at radius 2 is 1.52 bits per heavy atom. The maximum atomic E-state index is 12.7. The van der Waals surface area contributed by atoms with Crippen molar-refractivity contribution in [3.05, 3.63) is 76.6 Å². The third-order valence-corrected chi connectivity index (χ3v) is 4.46. The van der Waals surface area contributed by atoms with Gasteiger partial charge in [-0.25, -0.2) is 0 Å². The van der Waals surface area contributed by atoms with Crippen molar-refractivity contribution >= 4 is 17.5 Å². The number of hydrogen-bond acceptors (Lipinski definition) is 5. The van der Waals surface area contributed by atoms with Gasteiger partial charge >= 0.3 is 5.56 Å². The molecule has 1 aliphatic heterocycles. The lowest BCUT2D eigenvalue weighted by atomic mass is 10.1. The summed E-state index contributed by atoms with van der Waals surface area (Å²) in [6, 6.07) is 19.2. The fraction of sp³-hybridized carbons (Fsp3) is 0.0588. The Bertz CT molecular complexity index is 936. The van der Waals surface area contributed by atoms with Gasteiger partial charge in [-0.1, -0.05) is 72.4 Å². The standard InChI is InChI=1S/C17H12N4OS/c22-16-15(13-9-5-2-6-10-13)18-19-17-21(16)20-14(11-23-17)12-7-3-1-4-8-12/h1-10H,11H2. The van der Waals surface area contributed by atoms with Crippen LogP contribution in [0.3, 0.4) is 0 Å². The molecule has 4 rings (SSSR count). The fourth-order valence-corrected chi connectivity index (χ4v) is 3.21. The van der Waals surface area contributed by atoms with Gasteiger partial charge < -0.3 is 0 Å². The maximum absolute atomic E-state index is 12.7. The molecule has 3 aromatic rings. The second-order valence-electron chi connectivity index (χ2n) is 5.02. The molecule has 0 unspecified atom stereocenters. The van der Waals surface area contributed by atoms with Crippen molar-refractivity contribution in [1.29, 1.82) is 0 Å². The van der Waals surface area contributed by atoms with E-state index in [-0.39, 0.29) is 5.56 Å². The molecule has 0 saturated heterocycles. The second kappa shape index (κ2) is 5.81. The first-order valence-electron chi connectivity index (χ1n) is 7.14. The minimum Gasteiger partial charge on any atom is -0.265 e. The van der Waals surface area contributed by atoms with Crippen LogP contribution in [0.2, 0.25) is 0 Å².